The highest BCUT2D eigenvalue weighted by Crippen LogP contribution is 2.28. The summed E-state index contributed by atoms with van der Waals surface area (Å²) in [6.07, 6.45) is 5.84. The minimum absolute atomic E-state index is 0.00403. The van der Waals surface area contributed by atoms with Crippen LogP contribution in [0.2, 0.25) is 0 Å². The molecule has 1 N–H and O–H groups in total. The van der Waals surface area contributed by atoms with Gasteiger partial charge in [0.15, 0.2) is 0 Å². The van der Waals surface area contributed by atoms with Crippen LogP contribution in [-0.2, 0) is 4.79 Å². The lowest BCUT2D eigenvalue weighted by atomic mass is 9.96. The van der Waals surface area contributed by atoms with Crippen molar-refractivity contribution in [3.8, 4) is 5.13 Å². The van der Waals surface area contributed by atoms with Crippen molar-refractivity contribution >= 4 is 22.4 Å². The van der Waals surface area contributed by atoms with E-state index in [2.05, 4.69) is 39.5 Å². The molecule has 2 aromatic heterocycles. The summed E-state index contributed by atoms with van der Waals surface area (Å²) in [6, 6.07) is 14.2. The largest absolute Gasteiger partial charge is 0.355 e. The number of anilines is 1. The van der Waals surface area contributed by atoms with Gasteiger partial charge in [0.05, 0.1) is 5.92 Å². The molecule has 3 aromatic rings. The summed E-state index contributed by atoms with van der Waals surface area (Å²) >= 11 is 1.56. The SMILES string of the molecule is CC(CNC(=O)C1CCCN(c2nnc(-n3cccc3)s2)C1)c1ccccc1. The van der Waals surface area contributed by atoms with Crippen LogP contribution in [-0.4, -0.2) is 40.3 Å². The third-order valence-electron chi connectivity index (χ3n) is 5.24. The Morgan fingerprint density at radius 3 is 2.71 bits per heavy atom. The summed E-state index contributed by atoms with van der Waals surface area (Å²) in [5.74, 6) is 0.440. The Bertz CT molecular complexity index is 893. The van der Waals surface area contributed by atoms with Gasteiger partial charge in [0.2, 0.25) is 16.2 Å². The number of hydrogen-bond donors (Lipinski definition) is 1. The van der Waals surface area contributed by atoms with Crippen molar-refractivity contribution in [3.63, 3.8) is 0 Å². The quantitative estimate of drug-likeness (QED) is 0.694. The van der Waals surface area contributed by atoms with Gasteiger partial charge in [-0.15, -0.1) is 10.2 Å². The van der Waals surface area contributed by atoms with E-state index in [1.54, 1.807) is 11.3 Å². The predicted molar refractivity (Wildman–Crippen MR) is 112 cm³/mol. The molecule has 7 heteroatoms. The van der Waals surface area contributed by atoms with Crippen LogP contribution in [0.15, 0.2) is 54.9 Å². The Labute approximate surface area is 169 Å². The van der Waals surface area contributed by atoms with E-state index in [0.717, 1.165) is 29.6 Å². The van der Waals surface area contributed by atoms with E-state index in [0.29, 0.717) is 19.0 Å². The van der Waals surface area contributed by atoms with Gasteiger partial charge in [0.25, 0.3) is 0 Å². The van der Waals surface area contributed by atoms with Crippen molar-refractivity contribution in [1.82, 2.24) is 20.1 Å². The molecule has 3 heterocycles. The Kier molecular flexibility index (Phi) is 5.71. The summed E-state index contributed by atoms with van der Waals surface area (Å²) in [5.41, 5.74) is 1.25. The molecule has 1 amide bonds. The molecule has 2 atom stereocenters. The fourth-order valence-electron chi connectivity index (χ4n) is 3.56. The predicted octanol–water partition coefficient (Wildman–Crippen LogP) is 3.47. The Balaban J connectivity index is 1.34. The summed E-state index contributed by atoms with van der Waals surface area (Å²) in [5, 5.41) is 13.5. The summed E-state index contributed by atoms with van der Waals surface area (Å²) in [7, 11) is 0. The highest BCUT2D eigenvalue weighted by molar-refractivity contribution is 7.17. The topological polar surface area (TPSA) is 63.1 Å². The van der Waals surface area contributed by atoms with Gasteiger partial charge in [0.1, 0.15) is 0 Å². The van der Waals surface area contributed by atoms with Gasteiger partial charge in [-0.25, -0.2) is 0 Å². The molecule has 0 saturated carbocycles. The first-order valence-electron chi connectivity index (χ1n) is 9.75. The number of benzene rings is 1. The fourth-order valence-corrected chi connectivity index (χ4v) is 4.41. The standard InChI is InChI=1S/C21H25N5OS/c1-16(17-8-3-2-4-9-17)14-22-19(27)18-10-7-13-26(15-18)21-24-23-20(28-21)25-11-5-6-12-25/h2-6,8-9,11-12,16,18H,7,10,13-15H2,1H3,(H,22,27). The smallest absolute Gasteiger partial charge is 0.224 e. The number of nitrogens with one attached hydrogen (secondary N) is 1. The Morgan fingerprint density at radius 2 is 1.93 bits per heavy atom. The summed E-state index contributed by atoms with van der Waals surface area (Å²) in [4.78, 5) is 14.9. The minimum atomic E-state index is -0.00403. The first-order chi connectivity index (χ1) is 13.7. The normalized spacial score (nSPS) is 18.0. The maximum atomic E-state index is 12.7. The molecule has 1 aromatic carbocycles. The van der Waals surface area contributed by atoms with Crippen molar-refractivity contribution in [3.05, 3.63) is 60.4 Å². The highest BCUT2D eigenvalue weighted by atomic mass is 32.1. The first-order valence-corrected chi connectivity index (χ1v) is 10.6. The van der Waals surface area contributed by atoms with Gasteiger partial charge in [-0.2, -0.15) is 0 Å². The number of nitrogens with zero attached hydrogens (tertiary/aromatic N) is 4. The van der Waals surface area contributed by atoms with Crippen LogP contribution >= 0.6 is 11.3 Å². The molecule has 1 saturated heterocycles. The molecule has 1 aliphatic heterocycles. The first kappa shape index (κ1) is 18.7. The number of aromatic nitrogens is 3. The van der Waals surface area contributed by atoms with Gasteiger partial charge in [-0.05, 0) is 36.5 Å². The maximum absolute atomic E-state index is 12.7. The van der Waals surface area contributed by atoms with E-state index in [4.69, 9.17) is 0 Å². The van der Waals surface area contributed by atoms with Crippen LogP contribution in [0, 0.1) is 5.92 Å². The molecule has 146 valence electrons. The van der Waals surface area contributed by atoms with Crippen LogP contribution < -0.4 is 10.2 Å². The number of piperidine rings is 1. The Morgan fingerprint density at radius 1 is 1.18 bits per heavy atom. The molecule has 1 aliphatic rings. The summed E-state index contributed by atoms with van der Waals surface area (Å²) < 4.78 is 1.96. The molecule has 0 aliphatic carbocycles. The van der Waals surface area contributed by atoms with Crippen molar-refractivity contribution < 1.29 is 4.79 Å². The van der Waals surface area contributed by atoms with E-state index in [9.17, 15) is 4.79 Å². The molecule has 0 radical (unpaired) electrons. The molecule has 0 bridgehead atoms. The molecular formula is C21H25N5OS. The molecule has 2 unspecified atom stereocenters. The Hall–Kier alpha value is -2.67. The van der Waals surface area contributed by atoms with Crippen molar-refractivity contribution in [2.45, 2.75) is 25.7 Å². The lowest BCUT2D eigenvalue weighted by molar-refractivity contribution is -0.125. The fraction of sp³-hybridized carbons (Fsp3) is 0.381. The zero-order valence-electron chi connectivity index (χ0n) is 16.0. The summed E-state index contributed by atoms with van der Waals surface area (Å²) in [6.45, 7) is 4.43. The van der Waals surface area contributed by atoms with E-state index >= 15 is 0 Å². The van der Waals surface area contributed by atoms with Gasteiger partial charge >= 0.3 is 0 Å². The number of carbonyl (C=O) groups is 1. The molecular weight excluding hydrogens is 370 g/mol. The number of amides is 1. The van der Waals surface area contributed by atoms with Gasteiger partial charge in [-0.3, -0.25) is 9.36 Å². The van der Waals surface area contributed by atoms with Crippen molar-refractivity contribution in [1.29, 1.82) is 0 Å². The van der Waals surface area contributed by atoms with Gasteiger partial charge < -0.3 is 10.2 Å². The third-order valence-corrected chi connectivity index (χ3v) is 6.24. The van der Waals surface area contributed by atoms with E-state index in [1.165, 1.54) is 5.56 Å². The number of rotatable bonds is 6. The lowest BCUT2D eigenvalue weighted by Crippen LogP contribution is -2.43. The molecule has 4 rings (SSSR count). The van der Waals surface area contributed by atoms with Gasteiger partial charge in [0, 0.05) is 32.0 Å². The van der Waals surface area contributed by atoms with Crippen LogP contribution in [0.4, 0.5) is 5.13 Å². The second-order valence-corrected chi connectivity index (χ2v) is 8.23. The molecule has 0 spiro atoms. The van der Waals surface area contributed by atoms with Gasteiger partial charge in [-0.1, -0.05) is 48.6 Å². The third kappa shape index (κ3) is 4.25. The van der Waals surface area contributed by atoms with E-state index in [1.807, 2.05) is 47.3 Å². The monoisotopic (exact) mass is 395 g/mol. The average Bonchev–Trinajstić information content (AvgIpc) is 3.44. The molecule has 6 nitrogen and oxygen atoms in total. The lowest BCUT2D eigenvalue weighted by Gasteiger charge is -2.31. The minimum Gasteiger partial charge on any atom is -0.355 e. The average molecular weight is 396 g/mol. The van der Waals surface area contributed by atoms with Crippen LogP contribution in [0.5, 0.6) is 0 Å². The molecule has 28 heavy (non-hydrogen) atoms. The van der Waals surface area contributed by atoms with Crippen molar-refractivity contribution in [2.75, 3.05) is 24.5 Å². The highest BCUT2D eigenvalue weighted by Gasteiger charge is 2.28. The van der Waals surface area contributed by atoms with E-state index < -0.39 is 0 Å². The number of carbonyl (C=O) groups excluding carboxylic acids is 1. The van der Waals surface area contributed by atoms with Crippen LogP contribution in [0.1, 0.15) is 31.2 Å². The van der Waals surface area contributed by atoms with E-state index in [-0.39, 0.29) is 11.8 Å². The zero-order chi connectivity index (χ0) is 19.3. The number of hydrogen-bond acceptors (Lipinski definition) is 5. The zero-order valence-corrected chi connectivity index (χ0v) is 16.8. The van der Waals surface area contributed by atoms with Crippen LogP contribution in [0.25, 0.3) is 5.13 Å². The molecule has 1 fully saturated rings. The maximum Gasteiger partial charge on any atom is 0.224 e. The second kappa shape index (κ2) is 8.56. The van der Waals surface area contributed by atoms with Crippen molar-refractivity contribution in [2.24, 2.45) is 5.92 Å². The van der Waals surface area contributed by atoms with Crippen LogP contribution in [0.3, 0.4) is 0 Å². The second-order valence-electron chi connectivity index (χ2n) is 7.30.